The highest BCUT2D eigenvalue weighted by atomic mass is 33.1. The van der Waals surface area contributed by atoms with Crippen LogP contribution in [-0.2, 0) is 20.7 Å². The van der Waals surface area contributed by atoms with Crippen molar-refractivity contribution in [2.75, 3.05) is 36.6 Å². The van der Waals surface area contributed by atoms with Gasteiger partial charge in [-0.25, -0.2) is 9.59 Å². The van der Waals surface area contributed by atoms with Crippen LogP contribution in [0.5, 0.6) is 0 Å². The molecule has 1 saturated heterocycles. The number of amides is 1. The number of anilines is 1. The molecule has 0 radical (unpaired) electrons. The Morgan fingerprint density at radius 1 is 0.971 bits per heavy atom. The molecule has 1 aliphatic rings. The molecule has 1 amide bonds. The average Bonchev–Trinajstić information content (AvgIpc) is 3.11. The SMILES string of the molecule is COC(=O)C(Cc1ccc(C#Cc2ccc(N3CCSSCC3)cc2)cc1)NC(=O)OC(C)(C)C. The molecule has 35 heavy (non-hydrogen) atoms. The molecule has 1 atom stereocenters. The van der Waals surface area contributed by atoms with Crippen molar-refractivity contribution in [3.63, 3.8) is 0 Å². The molecule has 6 nitrogen and oxygen atoms in total. The second-order valence-electron chi connectivity index (χ2n) is 9.05. The van der Waals surface area contributed by atoms with Gasteiger partial charge in [-0.2, -0.15) is 0 Å². The molecule has 1 N–H and O–H groups in total. The van der Waals surface area contributed by atoms with Gasteiger partial charge in [0.05, 0.1) is 7.11 Å². The zero-order valence-electron chi connectivity index (χ0n) is 20.6. The number of carbonyl (C=O) groups excluding carboxylic acids is 2. The molecule has 1 aliphatic heterocycles. The number of benzene rings is 2. The van der Waals surface area contributed by atoms with Gasteiger partial charge in [-0.1, -0.05) is 45.6 Å². The summed E-state index contributed by atoms with van der Waals surface area (Å²) in [4.78, 5) is 26.7. The summed E-state index contributed by atoms with van der Waals surface area (Å²) in [5.74, 6) is 8.16. The maximum Gasteiger partial charge on any atom is 0.408 e. The van der Waals surface area contributed by atoms with Crippen LogP contribution in [0.15, 0.2) is 48.5 Å². The molecule has 0 saturated carbocycles. The Hall–Kier alpha value is -2.76. The van der Waals surface area contributed by atoms with Crippen LogP contribution in [-0.4, -0.2) is 55.4 Å². The van der Waals surface area contributed by atoms with E-state index in [1.165, 1.54) is 12.8 Å². The number of alkyl carbamates (subject to hydrolysis) is 1. The number of hydrogen-bond acceptors (Lipinski definition) is 7. The van der Waals surface area contributed by atoms with Gasteiger partial charge in [0.1, 0.15) is 11.6 Å². The molecule has 1 heterocycles. The van der Waals surface area contributed by atoms with Gasteiger partial charge in [0, 0.05) is 47.8 Å². The van der Waals surface area contributed by atoms with Crippen LogP contribution in [0.4, 0.5) is 10.5 Å². The molecule has 3 rings (SSSR count). The van der Waals surface area contributed by atoms with Crippen molar-refractivity contribution in [3.05, 3.63) is 65.2 Å². The average molecular weight is 513 g/mol. The van der Waals surface area contributed by atoms with E-state index in [-0.39, 0.29) is 6.42 Å². The zero-order chi connectivity index (χ0) is 25.3. The summed E-state index contributed by atoms with van der Waals surface area (Å²) in [5.41, 5.74) is 3.29. The Bertz CT molecular complexity index is 1050. The van der Waals surface area contributed by atoms with E-state index in [1.807, 2.05) is 45.9 Å². The van der Waals surface area contributed by atoms with E-state index in [2.05, 4.69) is 46.3 Å². The first-order chi connectivity index (χ1) is 16.7. The number of carbonyl (C=O) groups is 2. The minimum absolute atomic E-state index is 0.286. The van der Waals surface area contributed by atoms with Crippen molar-refractivity contribution in [2.45, 2.75) is 38.8 Å². The number of rotatable bonds is 5. The molecule has 0 aromatic heterocycles. The van der Waals surface area contributed by atoms with Crippen LogP contribution in [0.2, 0.25) is 0 Å². The van der Waals surface area contributed by atoms with Gasteiger partial charge in [0.25, 0.3) is 0 Å². The minimum Gasteiger partial charge on any atom is -0.467 e. The predicted octanol–water partition coefficient (Wildman–Crippen LogP) is 4.90. The van der Waals surface area contributed by atoms with E-state index < -0.39 is 23.7 Å². The molecular formula is C27H32N2O4S2. The Morgan fingerprint density at radius 2 is 1.51 bits per heavy atom. The van der Waals surface area contributed by atoms with E-state index in [0.717, 1.165) is 41.3 Å². The Kier molecular flexibility index (Phi) is 9.82. The molecule has 0 aliphatic carbocycles. The van der Waals surface area contributed by atoms with E-state index in [4.69, 9.17) is 9.47 Å². The Balaban J connectivity index is 1.61. The fraction of sp³-hybridized carbons (Fsp3) is 0.407. The molecule has 2 aromatic carbocycles. The van der Waals surface area contributed by atoms with E-state index in [0.29, 0.717) is 0 Å². The minimum atomic E-state index is -0.841. The lowest BCUT2D eigenvalue weighted by Crippen LogP contribution is -2.45. The molecule has 0 bridgehead atoms. The predicted molar refractivity (Wildman–Crippen MR) is 145 cm³/mol. The van der Waals surface area contributed by atoms with E-state index in [1.54, 1.807) is 20.8 Å². The summed E-state index contributed by atoms with van der Waals surface area (Å²) < 4.78 is 10.1. The lowest BCUT2D eigenvalue weighted by Gasteiger charge is -2.22. The van der Waals surface area contributed by atoms with Crippen LogP contribution in [0.25, 0.3) is 0 Å². The fourth-order valence-corrected chi connectivity index (χ4v) is 5.41. The van der Waals surface area contributed by atoms with Crippen LogP contribution in [0.1, 0.15) is 37.5 Å². The van der Waals surface area contributed by atoms with Crippen molar-refractivity contribution in [1.82, 2.24) is 5.32 Å². The summed E-state index contributed by atoms with van der Waals surface area (Å²) in [6.07, 6.45) is -0.371. The summed E-state index contributed by atoms with van der Waals surface area (Å²) in [7, 11) is 5.17. The molecule has 186 valence electrons. The van der Waals surface area contributed by atoms with Crippen molar-refractivity contribution in [3.8, 4) is 11.8 Å². The monoisotopic (exact) mass is 512 g/mol. The quantitative estimate of drug-likeness (QED) is 0.347. The van der Waals surface area contributed by atoms with Crippen molar-refractivity contribution >= 4 is 39.3 Å². The lowest BCUT2D eigenvalue weighted by atomic mass is 10.0. The molecular weight excluding hydrogens is 480 g/mol. The van der Waals surface area contributed by atoms with Gasteiger partial charge >= 0.3 is 12.1 Å². The highest BCUT2D eigenvalue weighted by Gasteiger charge is 2.25. The molecule has 8 heteroatoms. The maximum absolute atomic E-state index is 12.2. The number of nitrogens with one attached hydrogen (secondary N) is 1. The summed E-state index contributed by atoms with van der Waals surface area (Å²) in [5, 5.41) is 2.60. The highest BCUT2D eigenvalue weighted by Crippen LogP contribution is 2.26. The van der Waals surface area contributed by atoms with Gasteiger partial charge in [0.2, 0.25) is 0 Å². The summed E-state index contributed by atoms with van der Waals surface area (Å²) in [6.45, 7) is 7.44. The van der Waals surface area contributed by atoms with Crippen LogP contribution in [0.3, 0.4) is 0 Å². The van der Waals surface area contributed by atoms with Crippen LogP contribution < -0.4 is 10.2 Å². The molecule has 0 spiro atoms. The van der Waals surface area contributed by atoms with Gasteiger partial charge < -0.3 is 19.7 Å². The Morgan fingerprint density at radius 3 is 2.03 bits per heavy atom. The maximum atomic E-state index is 12.2. The third kappa shape index (κ3) is 9.08. The van der Waals surface area contributed by atoms with Crippen molar-refractivity contribution in [2.24, 2.45) is 0 Å². The topological polar surface area (TPSA) is 67.9 Å². The largest absolute Gasteiger partial charge is 0.467 e. The van der Waals surface area contributed by atoms with Gasteiger partial charge in [-0.15, -0.1) is 0 Å². The third-order valence-electron chi connectivity index (χ3n) is 5.13. The van der Waals surface area contributed by atoms with Gasteiger partial charge in [-0.05, 0) is 62.7 Å². The second kappa shape index (κ2) is 12.8. The van der Waals surface area contributed by atoms with Crippen LogP contribution in [0, 0.1) is 11.8 Å². The second-order valence-corrected chi connectivity index (χ2v) is 11.8. The summed E-state index contributed by atoms with van der Waals surface area (Å²) >= 11 is 0. The number of esters is 1. The van der Waals surface area contributed by atoms with Gasteiger partial charge in [0.15, 0.2) is 0 Å². The molecule has 1 unspecified atom stereocenters. The number of ether oxygens (including phenoxy) is 2. The molecule has 2 aromatic rings. The first kappa shape index (κ1) is 26.8. The molecule has 1 fully saturated rings. The summed E-state index contributed by atoms with van der Waals surface area (Å²) in [6, 6.07) is 15.2. The van der Waals surface area contributed by atoms with Crippen molar-refractivity contribution < 1.29 is 19.1 Å². The smallest absolute Gasteiger partial charge is 0.408 e. The number of hydrogen-bond donors (Lipinski definition) is 1. The van der Waals surface area contributed by atoms with Crippen LogP contribution >= 0.6 is 21.6 Å². The third-order valence-corrected chi connectivity index (χ3v) is 7.49. The fourth-order valence-electron chi connectivity index (χ4n) is 3.43. The first-order valence-electron chi connectivity index (χ1n) is 11.5. The van der Waals surface area contributed by atoms with Gasteiger partial charge in [-0.3, -0.25) is 0 Å². The van der Waals surface area contributed by atoms with Crippen molar-refractivity contribution in [1.29, 1.82) is 0 Å². The zero-order valence-corrected chi connectivity index (χ0v) is 22.3. The highest BCUT2D eigenvalue weighted by molar-refractivity contribution is 8.76. The first-order valence-corrected chi connectivity index (χ1v) is 14.0. The Labute approximate surface area is 215 Å². The number of methoxy groups -OCH3 is 1. The standard InChI is InChI=1S/C27H32N2O4S2/c1-27(2,3)33-26(31)28-24(25(30)32-4)19-22-9-7-20(8-10-22)5-6-21-11-13-23(14-12-21)29-15-17-34-35-18-16-29/h7-14,24H,15-19H2,1-4H3,(H,28,31). The van der Waals surface area contributed by atoms with E-state index >= 15 is 0 Å². The normalized spacial score (nSPS) is 14.7. The lowest BCUT2D eigenvalue weighted by molar-refractivity contribution is -0.143. The van der Waals surface area contributed by atoms with E-state index in [9.17, 15) is 9.59 Å². The number of nitrogens with zero attached hydrogens (tertiary/aromatic N) is 1.